The van der Waals surface area contributed by atoms with Gasteiger partial charge in [-0.25, -0.2) is 8.78 Å². The summed E-state index contributed by atoms with van der Waals surface area (Å²) >= 11 is 5.59. The summed E-state index contributed by atoms with van der Waals surface area (Å²) in [5, 5.41) is 0. The first kappa shape index (κ1) is 36.2. The average Bonchev–Trinajstić information content (AvgIpc) is 3.57. The molecule has 11 heteroatoms. The number of halogens is 2. The molecule has 2 unspecified atom stereocenters. The number of amides is 1. The molecule has 2 aliphatic rings. The van der Waals surface area contributed by atoms with Gasteiger partial charge in [-0.05, 0) is 89.9 Å². The minimum absolute atomic E-state index is 0.0445. The standard InChI is InChI=1S/C40H42F2N6OS2/c1-26(43)40(50)51-46-22-36(44)37-16-11-31(21-45-37)34-24-47(23-27-5-3-2-4-6-27)25-35(34)39(49)48-19-17-30(18-20-48)38(28-7-12-32(41)13-8-28)29-9-14-33(42)15-10-29/h2-16,21-22,34-35,46,50H,17-20,23-25,43-44H2,1H3/b36-22-,40-26+. The highest BCUT2D eigenvalue weighted by atomic mass is 32.2. The molecule has 4 aromatic rings. The normalized spacial score (nSPS) is 18.8. The van der Waals surface area contributed by atoms with E-state index in [0.29, 0.717) is 53.8 Å². The summed E-state index contributed by atoms with van der Waals surface area (Å²) in [5.41, 5.74) is 19.9. The molecule has 2 atom stereocenters. The van der Waals surface area contributed by atoms with Gasteiger partial charge in [-0.15, -0.1) is 12.6 Å². The monoisotopic (exact) mass is 724 g/mol. The number of nitrogens with two attached hydrogens (primary N) is 2. The molecular weight excluding hydrogens is 683 g/mol. The molecule has 2 aliphatic heterocycles. The van der Waals surface area contributed by atoms with Crippen molar-refractivity contribution in [1.29, 1.82) is 0 Å². The zero-order valence-electron chi connectivity index (χ0n) is 28.4. The molecule has 6 rings (SSSR count). The maximum atomic E-state index is 14.4. The molecule has 1 aromatic heterocycles. The third kappa shape index (κ3) is 9.02. The molecule has 51 heavy (non-hydrogen) atoms. The number of rotatable bonds is 10. The number of carbonyl (C=O) groups excluding carboxylic acids is 1. The minimum atomic E-state index is -0.311. The maximum Gasteiger partial charge on any atom is 0.227 e. The number of carbonyl (C=O) groups is 1. The van der Waals surface area contributed by atoms with Crippen molar-refractivity contribution in [1.82, 2.24) is 19.5 Å². The first-order chi connectivity index (χ1) is 24.7. The van der Waals surface area contributed by atoms with Crippen LogP contribution in [-0.2, 0) is 11.3 Å². The summed E-state index contributed by atoms with van der Waals surface area (Å²) in [6.07, 6.45) is 4.84. The van der Waals surface area contributed by atoms with Gasteiger partial charge < -0.3 is 21.1 Å². The topological polar surface area (TPSA) is 101 Å². The number of piperidine rings is 1. The zero-order valence-corrected chi connectivity index (χ0v) is 30.1. The van der Waals surface area contributed by atoms with E-state index in [1.54, 1.807) is 37.4 Å². The lowest BCUT2D eigenvalue weighted by Gasteiger charge is -2.33. The van der Waals surface area contributed by atoms with E-state index in [9.17, 15) is 13.6 Å². The lowest BCUT2D eigenvalue weighted by atomic mass is 9.86. The SMILES string of the molecule is C/C(N)=C(/S)SN/C=C(\N)c1ccc(C2CN(Cc3ccccc3)CC2C(=O)N2CCC(=C(c3ccc(F)cc3)c3ccc(F)cc3)CC2)cn1. The van der Waals surface area contributed by atoms with Crippen molar-refractivity contribution in [3.05, 3.63) is 158 Å². The number of aromatic nitrogens is 1. The van der Waals surface area contributed by atoms with Crippen LogP contribution in [0.25, 0.3) is 11.3 Å². The second-order valence-corrected chi connectivity index (χ2v) is 14.6. The maximum absolute atomic E-state index is 14.4. The number of nitrogens with one attached hydrogen (secondary N) is 1. The van der Waals surface area contributed by atoms with E-state index >= 15 is 0 Å². The Labute approximate surface area is 308 Å². The first-order valence-electron chi connectivity index (χ1n) is 16.9. The van der Waals surface area contributed by atoms with Crippen LogP contribution in [0.2, 0.25) is 0 Å². The number of allylic oxidation sites excluding steroid dienone is 1. The number of hydrogen-bond donors (Lipinski definition) is 4. The summed E-state index contributed by atoms with van der Waals surface area (Å²) < 4.78 is 31.4. The Balaban J connectivity index is 1.21. The zero-order chi connectivity index (χ0) is 35.9. The molecular formula is C40H42F2N6OS2. The summed E-state index contributed by atoms with van der Waals surface area (Å²) in [7, 11) is 0. The van der Waals surface area contributed by atoms with E-state index in [1.807, 2.05) is 41.4 Å². The highest BCUT2D eigenvalue weighted by molar-refractivity contribution is 8.14. The molecule has 7 nitrogen and oxygen atoms in total. The van der Waals surface area contributed by atoms with Crippen LogP contribution in [0, 0.1) is 17.6 Å². The Morgan fingerprint density at radius 3 is 2.12 bits per heavy atom. The number of likely N-dealkylation sites (tertiary alicyclic amines) is 2. The van der Waals surface area contributed by atoms with Crippen molar-refractivity contribution < 1.29 is 13.6 Å². The van der Waals surface area contributed by atoms with Gasteiger partial charge >= 0.3 is 0 Å². The fraction of sp³-hybridized carbons (Fsp3) is 0.250. The van der Waals surface area contributed by atoms with E-state index in [0.717, 1.165) is 35.4 Å². The van der Waals surface area contributed by atoms with Crippen LogP contribution in [0.5, 0.6) is 0 Å². The molecule has 5 N–H and O–H groups in total. The van der Waals surface area contributed by atoms with Crippen LogP contribution in [0.3, 0.4) is 0 Å². The fourth-order valence-electron chi connectivity index (χ4n) is 6.83. The van der Waals surface area contributed by atoms with Gasteiger partial charge in [0.05, 0.1) is 21.5 Å². The van der Waals surface area contributed by atoms with Gasteiger partial charge in [-0.3, -0.25) is 14.7 Å². The number of thiol groups is 1. The Hall–Kier alpha value is -4.58. The predicted molar refractivity (Wildman–Crippen MR) is 206 cm³/mol. The molecule has 0 radical (unpaired) electrons. The quantitative estimate of drug-likeness (QED) is 0.101. The molecule has 0 saturated carbocycles. The van der Waals surface area contributed by atoms with Gasteiger partial charge in [0, 0.05) is 56.7 Å². The van der Waals surface area contributed by atoms with Gasteiger partial charge in [-0.2, -0.15) is 0 Å². The predicted octanol–water partition coefficient (Wildman–Crippen LogP) is 7.27. The fourth-order valence-corrected chi connectivity index (χ4v) is 7.45. The van der Waals surface area contributed by atoms with E-state index in [1.165, 1.54) is 47.3 Å². The van der Waals surface area contributed by atoms with E-state index in [4.69, 9.17) is 11.5 Å². The van der Waals surface area contributed by atoms with Crippen molar-refractivity contribution in [2.75, 3.05) is 26.2 Å². The van der Waals surface area contributed by atoms with Gasteiger partial charge in [0.2, 0.25) is 5.91 Å². The Kier molecular flexibility index (Phi) is 11.8. The first-order valence-corrected chi connectivity index (χ1v) is 18.2. The number of nitrogens with zero attached hydrogens (tertiary/aromatic N) is 3. The Bertz CT molecular complexity index is 1850. The largest absolute Gasteiger partial charge is 0.401 e. The van der Waals surface area contributed by atoms with Crippen molar-refractivity contribution in [2.45, 2.75) is 32.2 Å². The van der Waals surface area contributed by atoms with Gasteiger partial charge in [0.15, 0.2) is 0 Å². The summed E-state index contributed by atoms with van der Waals surface area (Å²) in [6, 6.07) is 27.1. The molecule has 2 fully saturated rings. The van der Waals surface area contributed by atoms with E-state index < -0.39 is 0 Å². The smallest absolute Gasteiger partial charge is 0.227 e. The van der Waals surface area contributed by atoms with Gasteiger partial charge in [0.25, 0.3) is 0 Å². The van der Waals surface area contributed by atoms with E-state index in [2.05, 4.69) is 39.4 Å². The Morgan fingerprint density at radius 1 is 0.922 bits per heavy atom. The molecule has 3 heterocycles. The lowest BCUT2D eigenvalue weighted by molar-refractivity contribution is -0.136. The second kappa shape index (κ2) is 16.6. The number of hydrogen-bond acceptors (Lipinski definition) is 8. The number of pyridine rings is 1. The van der Waals surface area contributed by atoms with Crippen LogP contribution in [0.4, 0.5) is 8.78 Å². The minimum Gasteiger partial charge on any atom is -0.401 e. The van der Waals surface area contributed by atoms with E-state index in [-0.39, 0.29) is 29.4 Å². The Morgan fingerprint density at radius 2 is 1.55 bits per heavy atom. The lowest BCUT2D eigenvalue weighted by Crippen LogP contribution is -2.42. The van der Waals surface area contributed by atoms with Crippen LogP contribution in [0.1, 0.15) is 53.6 Å². The molecule has 0 bridgehead atoms. The van der Waals surface area contributed by atoms with Crippen molar-refractivity contribution >= 4 is 41.8 Å². The average molecular weight is 725 g/mol. The van der Waals surface area contributed by atoms with Crippen LogP contribution >= 0.6 is 24.6 Å². The molecule has 3 aromatic carbocycles. The summed E-state index contributed by atoms with van der Waals surface area (Å²) in [4.78, 5) is 23.4. The van der Waals surface area contributed by atoms with Crippen molar-refractivity contribution in [2.24, 2.45) is 17.4 Å². The van der Waals surface area contributed by atoms with Crippen LogP contribution < -0.4 is 16.2 Å². The van der Waals surface area contributed by atoms with Crippen molar-refractivity contribution in [3.8, 4) is 0 Å². The molecule has 2 saturated heterocycles. The molecule has 0 spiro atoms. The third-order valence-electron chi connectivity index (χ3n) is 9.48. The third-order valence-corrected chi connectivity index (χ3v) is 10.9. The van der Waals surface area contributed by atoms with Gasteiger partial charge in [-0.1, -0.05) is 66.2 Å². The second-order valence-electron chi connectivity index (χ2n) is 13.0. The summed E-state index contributed by atoms with van der Waals surface area (Å²) in [5.74, 6) is -0.775. The highest BCUT2D eigenvalue weighted by Gasteiger charge is 2.41. The van der Waals surface area contributed by atoms with Crippen molar-refractivity contribution in [3.63, 3.8) is 0 Å². The highest BCUT2D eigenvalue weighted by Crippen LogP contribution is 2.37. The summed E-state index contributed by atoms with van der Waals surface area (Å²) in [6.45, 7) is 5.02. The number of benzene rings is 3. The van der Waals surface area contributed by atoms with Crippen LogP contribution in [-0.4, -0.2) is 46.9 Å². The molecule has 1 amide bonds. The molecule has 264 valence electrons. The van der Waals surface area contributed by atoms with Crippen LogP contribution in [0.15, 0.2) is 119 Å². The van der Waals surface area contributed by atoms with Gasteiger partial charge in [0.1, 0.15) is 11.6 Å². The molecule has 0 aliphatic carbocycles.